The summed E-state index contributed by atoms with van der Waals surface area (Å²) in [5.74, 6) is 0.795. The summed E-state index contributed by atoms with van der Waals surface area (Å²) in [5.41, 5.74) is 0. The van der Waals surface area contributed by atoms with E-state index in [1.54, 1.807) is 6.26 Å². The molecule has 0 aromatic heterocycles. The van der Waals surface area contributed by atoms with Crippen LogP contribution in [0.25, 0.3) is 0 Å². The molecule has 1 saturated heterocycles. The summed E-state index contributed by atoms with van der Waals surface area (Å²) < 4.78 is 11.2. The lowest BCUT2D eigenvalue weighted by Gasteiger charge is -2.42. The van der Waals surface area contributed by atoms with Crippen molar-refractivity contribution in [2.75, 3.05) is 25.1 Å². The smallest absolute Gasteiger partial charge is 0.0385 e. The van der Waals surface area contributed by atoms with Crippen molar-refractivity contribution in [3.63, 3.8) is 0 Å². The van der Waals surface area contributed by atoms with Crippen LogP contribution in [0.4, 0.5) is 0 Å². The van der Waals surface area contributed by atoms with Gasteiger partial charge in [-0.25, -0.2) is 0 Å². The van der Waals surface area contributed by atoms with Gasteiger partial charge in [-0.3, -0.25) is 9.11 Å². The Morgan fingerprint density at radius 1 is 1.60 bits per heavy atom. The Balaban J connectivity index is 2.57. The van der Waals surface area contributed by atoms with Gasteiger partial charge in [-0.1, -0.05) is 6.92 Å². The molecule has 0 aromatic carbocycles. The van der Waals surface area contributed by atoms with E-state index in [2.05, 4.69) is 31.0 Å². The van der Waals surface area contributed by atoms with E-state index in [4.69, 9.17) is 0 Å². The lowest BCUT2D eigenvalue weighted by atomic mass is 10.1. The second-order valence-electron chi connectivity index (χ2n) is 4.66. The number of hydrogen-bond acceptors (Lipinski definition) is 3. The summed E-state index contributed by atoms with van der Waals surface area (Å²) in [5, 5.41) is 3.50. The monoisotopic (exact) mass is 232 g/mol. The Morgan fingerprint density at radius 2 is 2.27 bits per heavy atom. The van der Waals surface area contributed by atoms with Crippen molar-refractivity contribution < 1.29 is 4.21 Å². The lowest BCUT2D eigenvalue weighted by molar-refractivity contribution is 0.100. The first-order valence-corrected chi connectivity index (χ1v) is 7.56. The van der Waals surface area contributed by atoms with Gasteiger partial charge in [0.1, 0.15) is 0 Å². The van der Waals surface area contributed by atoms with Gasteiger partial charge in [0.15, 0.2) is 0 Å². The summed E-state index contributed by atoms with van der Waals surface area (Å²) in [6, 6.07) is 1.60. The zero-order chi connectivity index (χ0) is 11.4. The third-order valence-corrected chi connectivity index (χ3v) is 4.12. The number of piperazine rings is 1. The molecule has 0 aromatic rings. The minimum atomic E-state index is -0.688. The maximum absolute atomic E-state index is 11.2. The average molecular weight is 232 g/mol. The molecule has 0 bridgehead atoms. The van der Waals surface area contributed by atoms with E-state index in [1.807, 2.05) is 0 Å². The molecule has 0 amide bonds. The number of rotatable bonds is 4. The second kappa shape index (κ2) is 5.97. The standard InChI is InChI=1S/C11H24N2OS/c1-5-11-6-12-9(2)7-13(11)10(3)8-15(4)14/h9-12H,5-8H2,1-4H3. The fraction of sp³-hybridized carbons (Fsp3) is 1.00. The van der Waals surface area contributed by atoms with E-state index in [9.17, 15) is 4.21 Å². The number of nitrogens with one attached hydrogen (secondary N) is 1. The molecule has 1 aliphatic heterocycles. The van der Waals surface area contributed by atoms with Gasteiger partial charge in [-0.05, 0) is 20.3 Å². The first kappa shape index (κ1) is 13.1. The van der Waals surface area contributed by atoms with E-state index in [0.717, 1.165) is 18.8 Å². The van der Waals surface area contributed by atoms with Crippen LogP contribution in [0.2, 0.25) is 0 Å². The summed E-state index contributed by atoms with van der Waals surface area (Å²) in [6.07, 6.45) is 2.96. The van der Waals surface area contributed by atoms with E-state index in [1.165, 1.54) is 6.42 Å². The number of nitrogens with zero attached hydrogens (tertiary/aromatic N) is 1. The van der Waals surface area contributed by atoms with Gasteiger partial charge >= 0.3 is 0 Å². The molecule has 4 atom stereocenters. The zero-order valence-corrected chi connectivity index (χ0v) is 11.1. The SMILES string of the molecule is CCC1CNC(C)CN1C(C)CS(C)=O. The van der Waals surface area contributed by atoms with Crippen molar-refractivity contribution in [2.24, 2.45) is 0 Å². The summed E-state index contributed by atoms with van der Waals surface area (Å²) >= 11 is 0. The molecular formula is C11H24N2OS. The molecule has 1 N–H and O–H groups in total. The van der Waals surface area contributed by atoms with Crippen molar-refractivity contribution in [2.45, 2.75) is 45.3 Å². The van der Waals surface area contributed by atoms with E-state index < -0.39 is 10.8 Å². The van der Waals surface area contributed by atoms with E-state index in [-0.39, 0.29) is 0 Å². The van der Waals surface area contributed by atoms with Gasteiger partial charge in [0.2, 0.25) is 0 Å². The van der Waals surface area contributed by atoms with Crippen LogP contribution in [0.3, 0.4) is 0 Å². The predicted octanol–water partition coefficient (Wildman–Crippen LogP) is 0.826. The molecule has 0 radical (unpaired) electrons. The van der Waals surface area contributed by atoms with Crippen LogP contribution in [-0.2, 0) is 10.8 Å². The summed E-state index contributed by atoms with van der Waals surface area (Å²) in [7, 11) is -0.688. The van der Waals surface area contributed by atoms with Gasteiger partial charge in [0, 0.05) is 54.0 Å². The third-order valence-electron chi connectivity index (χ3n) is 3.17. The normalized spacial score (nSPS) is 32.5. The molecule has 1 fully saturated rings. The second-order valence-corrected chi connectivity index (χ2v) is 6.14. The van der Waals surface area contributed by atoms with Gasteiger partial charge in [0.25, 0.3) is 0 Å². The Labute approximate surface area is 96.1 Å². The molecule has 4 unspecified atom stereocenters. The minimum absolute atomic E-state index is 0.435. The van der Waals surface area contributed by atoms with Gasteiger partial charge in [0.05, 0.1) is 0 Å². The summed E-state index contributed by atoms with van der Waals surface area (Å²) in [4.78, 5) is 2.52. The first-order valence-electron chi connectivity index (χ1n) is 5.83. The molecule has 15 heavy (non-hydrogen) atoms. The van der Waals surface area contributed by atoms with E-state index >= 15 is 0 Å². The van der Waals surface area contributed by atoms with Crippen LogP contribution in [-0.4, -0.2) is 52.3 Å². The van der Waals surface area contributed by atoms with Gasteiger partial charge in [-0.2, -0.15) is 0 Å². The van der Waals surface area contributed by atoms with Crippen LogP contribution in [0, 0.1) is 0 Å². The van der Waals surface area contributed by atoms with Crippen LogP contribution in [0.15, 0.2) is 0 Å². The quantitative estimate of drug-likeness (QED) is 0.779. The Bertz CT molecular complexity index is 223. The molecule has 0 aliphatic carbocycles. The van der Waals surface area contributed by atoms with Crippen LogP contribution in [0.1, 0.15) is 27.2 Å². The van der Waals surface area contributed by atoms with Crippen LogP contribution < -0.4 is 5.32 Å². The van der Waals surface area contributed by atoms with Crippen molar-refractivity contribution >= 4 is 10.8 Å². The van der Waals surface area contributed by atoms with Gasteiger partial charge < -0.3 is 5.32 Å². The highest BCUT2D eigenvalue weighted by molar-refractivity contribution is 7.84. The minimum Gasteiger partial charge on any atom is -0.311 e. The summed E-state index contributed by atoms with van der Waals surface area (Å²) in [6.45, 7) is 8.79. The molecule has 90 valence electrons. The first-order chi connectivity index (χ1) is 7.04. The van der Waals surface area contributed by atoms with Crippen molar-refractivity contribution in [3.05, 3.63) is 0 Å². The molecule has 4 heteroatoms. The fourth-order valence-corrected chi connectivity index (χ4v) is 3.21. The molecular weight excluding hydrogens is 208 g/mol. The highest BCUT2D eigenvalue weighted by atomic mass is 32.2. The Hall–Kier alpha value is 0.0700. The average Bonchev–Trinajstić information content (AvgIpc) is 2.16. The maximum Gasteiger partial charge on any atom is 0.0385 e. The highest BCUT2D eigenvalue weighted by Crippen LogP contribution is 2.14. The van der Waals surface area contributed by atoms with E-state index in [0.29, 0.717) is 18.1 Å². The lowest BCUT2D eigenvalue weighted by Crippen LogP contribution is -2.58. The topological polar surface area (TPSA) is 32.3 Å². The molecule has 1 aliphatic rings. The van der Waals surface area contributed by atoms with Gasteiger partial charge in [-0.15, -0.1) is 0 Å². The van der Waals surface area contributed by atoms with Crippen LogP contribution >= 0.6 is 0 Å². The number of hydrogen-bond donors (Lipinski definition) is 1. The molecule has 1 heterocycles. The molecule has 1 rings (SSSR count). The molecule has 3 nitrogen and oxygen atoms in total. The zero-order valence-electron chi connectivity index (χ0n) is 10.3. The molecule has 0 saturated carbocycles. The highest BCUT2D eigenvalue weighted by Gasteiger charge is 2.28. The fourth-order valence-electron chi connectivity index (χ4n) is 2.34. The van der Waals surface area contributed by atoms with Crippen molar-refractivity contribution in [3.8, 4) is 0 Å². The maximum atomic E-state index is 11.2. The molecule has 0 spiro atoms. The van der Waals surface area contributed by atoms with Crippen molar-refractivity contribution in [1.82, 2.24) is 10.2 Å². The van der Waals surface area contributed by atoms with Crippen LogP contribution in [0.5, 0.6) is 0 Å². The Morgan fingerprint density at radius 3 is 2.80 bits per heavy atom. The predicted molar refractivity (Wildman–Crippen MR) is 66.6 cm³/mol. The van der Waals surface area contributed by atoms with Crippen molar-refractivity contribution in [1.29, 1.82) is 0 Å². The largest absolute Gasteiger partial charge is 0.311 e. The Kier molecular flexibility index (Phi) is 5.23. The third kappa shape index (κ3) is 3.85.